The number of carbonyl (C=O) groups excluding carboxylic acids is 1. The van der Waals surface area contributed by atoms with Gasteiger partial charge in [0.05, 0.1) is 37.7 Å². The van der Waals surface area contributed by atoms with Gasteiger partial charge in [-0.3, -0.25) is 8.98 Å². The summed E-state index contributed by atoms with van der Waals surface area (Å²) in [5.74, 6) is -0.756. The third kappa shape index (κ3) is 5.19. The summed E-state index contributed by atoms with van der Waals surface area (Å²) in [6.07, 6.45) is -1.02. The number of carbonyl (C=O) groups is 1. The summed E-state index contributed by atoms with van der Waals surface area (Å²) in [7, 11) is -3.62. The second-order valence-corrected chi connectivity index (χ2v) is 6.82. The molecule has 1 aliphatic rings. The van der Waals surface area contributed by atoms with E-state index in [4.69, 9.17) is 8.92 Å². The zero-order valence-corrected chi connectivity index (χ0v) is 13.2. The van der Waals surface area contributed by atoms with Crippen molar-refractivity contribution in [1.82, 2.24) is 5.32 Å². The predicted octanol–water partition coefficient (Wildman–Crippen LogP) is -1.39. The molecular formula is C12H23NO7S. The van der Waals surface area contributed by atoms with Crippen LogP contribution in [0.3, 0.4) is 0 Å². The lowest BCUT2D eigenvalue weighted by molar-refractivity contribution is -0.177. The lowest BCUT2D eigenvalue weighted by atomic mass is 9.83. The van der Waals surface area contributed by atoms with Crippen LogP contribution in [-0.2, 0) is 23.8 Å². The molecule has 1 rings (SSSR count). The van der Waals surface area contributed by atoms with Crippen LogP contribution in [0.2, 0.25) is 0 Å². The number of rotatable bonds is 6. The Hall–Kier alpha value is -0.740. The number of nitrogens with one attached hydrogen (secondary N) is 1. The molecule has 0 aromatic rings. The lowest BCUT2D eigenvalue weighted by Crippen LogP contribution is -2.62. The van der Waals surface area contributed by atoms with E-state index in [9.17, 15) is 23.4 Å². The minimum Gasteiger partial charge on any atom is -0.394 e. The molecule has 0 bridgehead atoms. The van der Waals surface area contributed by atoms with Crippen molar-refractivity contribution < 1.29 is 32.3 Å². The zero-order valence-electron chi connectivity index (χ0n) is 12.4. The quantitative estimate of drug-likeness (QED) is 0.514. The van der Waals surface area contributed by atoms with Crippen molar-refractivity contribution in [2.24, 2.45) is 5.92 Å². The first-order valence-corrected chi connectivity index (χ1v) is 8.57. The minimum absolute atomic E-state index is 0.238. The molecule has 0 aromatic carbocycles. The summed E-state index contributed by atoms with van der Waals surface area (Å²) < 4.78 is 32.5. The molecule has 3 N–H and O–H groups in total. The summed E-state index contributed by atoms with van der Waals surface area (Å²) in [6, 6.07) is -0.744. The molecule has 5 atom stereocenters. The van der Waals surface area contributed by atoms with Gasteiger partial charge in [0.2, 0.25) is 5.91 Å². The van der Waals surface area contributed by atoms with Gasteiger partial charge in [0.15, 0.2) is 0 Å². The van der Waals surface area contributed by atoms with Crippen molar-refractivity contribution in [2.45, 2.75) is 44.6 Å². The van der Waals surface area contributed by atoms with Gasteiger partial charge in [-0.25, -0.2) is 0 Å². The Morgan fingerprint density at radius 1 is 1.38 bits per heavy atom. The fraction of sp³-hybridized carbons (Fsp3) is 0.917. The largest absolute Gasteiger partial charge is 0.394 e. The average Bonchev–Trinajstić information content (AvgIpc) is 2.37. The Morgan fingerprint density at radius 2 is 2.00 bits per heavy atom. The highest BCUT2D eigenvalue weighted by molar-refractivity contribution is 7.85. The van der Waals surface area contributed by atoms with Crippen LogP contribution in [0, 0.1) is 5.92 Å². The SMILES string of the molecule is CC[C@@H]1C(COS(C)(=O)=O)O[C@@H](CO)C(NC(C)=O)C1O. The van der Waals surface area contributed by atoms with E-state index in [0.29, 0.717) is 6.42 Å². The van der Waals surface area contributed by atoms with E-state index >= 15 is 0 Å². The van der Waals surface area contributed by atoms with Crippen LogP contribution in [0.15, 0.2) is 0 Å². The number of aliphatic hydroxyl groups is 2. The van der Waals surface area contributed by atoms with Crippen molar-refractivity contribution in [3.05, 3.63) is 0 Å². The van der Waals surface area contributed by atoms with E-state index in [-0.39, 0.29) is 12.5 Å². The smallest absolute Gasteiger partial charge is 0.264 e. The average molecular weight is 325 g/mol. The second kappa shape index (κ2) is 7.50. The predicted molar refractivity (Wildman–Crippen MR) is 73.9 cm³/mol. The van der Waals surface area contributed by atoms with Gasteiger partial charge in [-0.15, -0.1) is 0 Å². The molecule has 1 heterocycles. The topological polar surface area (TPSA) is 122 Å². The molecule has 0 aliphatic carbocycles. The molecule has 3 unspecified atom stereocenters. The van der Waals surface area contributed by atoms with E-state index in [1.54, 1.807) is 0 Å². The van der Waals surface area contributed by atoms with Gasteiger partial charge in [0.1, 0.15) is 6.10 Å². The maximum atomic E-state index is 11.2. The molecule has 0 spiro atoms. The molecule has 9 heteroatoms. The van der Waals surface area contributed by atoms with Crippen LogP contribution in [0.25, 0.3) is 0 Å². The molecule has 21 heavy (non-hydrogen) atoms. The van der Waals surface area contributed by atoms with E-state index in [1.165, 1.54) is 6.92 Å². The van der Waals surface area contributed by atoms with E-state index in [0.717, 1.165) is 6.26 Å². The van der Waals surface area contributed by atoms with Crippen LogP contribution in [-0.4, -0.2) is 68.4 Å². The molecule has 1 fully saturated rings. The Balaban J connectivity index is 2.86. The van der Waals surface area contributed by atoms with Crippen LogP contribution >= 0.6 is 0 Å². The van der Waals surface area contributed by atoms with Crippen molar-refractivity contribution >= 4 is 16.0 Å². The van der Waals surface area contributed by atoms with Crippen LogP contribution in [0.4, 0.5) is 0 Å². The highest BCUT2D eigenvalue weighted by Crippen LogP contribution is 2.29. The van der Waals surface area contributed by atoms with Gasteiger partial charge >= 0.3 is 0 Å². The fourth-order valence-corrected chi connectivity index (χ4v) is 2.93. The molecule has 124 valence electrons. The maximum Gasteiger partial charge on any atom is 0.264 e. The lowest BCUT2D eigenvalue weighted by Gasteiger charge is -2.44. The third-order valence-electron chi connectivity index (χ3n) is 3.50. The molecule has 1 saturated heterocycles. The van der Waals surface area contributed by atoms with Gasteiger partial charge in [0, 0.05) is 12.8 Å². The zero-order chi connectivity index (χ0) is 16.2. The summed E-state index contributed by atoms with van der Waals surface area (Å²) in [5, 5.41) is 22.3. The number of amides is 1. The first kappa shape index (κ1) is 18.3. The number of hydrogen-bond acceptors (Lipinski definition) is 7. The van der Waals surface area contributed by atoms with Crippen molar-refractivity contribution in [3.8, 4) is 0 Å². The maximum absolute atomic E-state index is 11.2. The molecule has 0 saturated carbocycles. The fourth-order valence-electron chi connectivity index (χ4n) is 2.54. The highest BCUT2D eigenvalue weighted by atomic mass is 32.2. The first-order chi connectivity index (χ1) is 9.69. The van der Waals surface area contributed by atoms with Crippen LogP contribution < -0.4 is 5.32 Å². The molecular weight excluding hydrogens is 302 g/mol. The van der Waals surface area contributed by atoms with E-state index in [1.807, 2.05) is 6.92 Å². The highest BCUT2D eigenvalue weighted by Gasteiger charge is 2.44. The number of aliphatic hydroxyl groups excluding tert-OH is 2. The van der Waals surface area contributed by atoms with Crippen LogP contribution in [0.5, 0.6) is 0 Å². The summed E-state index contributed by atoms with van der Waals surface area (Å²) in [4.78, 5) is 11.2. The monoisotopic (exact) mass is 325 g/mol. The molecule has 1 amide bonds. The van der Waals surface area contributed by atoms with Gasteiger partial charge < -0.3 is 20.3 Å². The van der Waals surface area contributed by atoms with Gasteiger partial charge in [-0.05, 0) is 6.42 Å². The normalized spacial score (nSPS) is 33.7. The first-order valence-electron chi connectivity index (χ1n) is 6.75. The van der Waals surface area contributed by atoms with Gasteiger partial charge in [-0.1, -0.05) is 6.92 Å². The Bertz CT molecular complexity index is 453. The van der Waals surface area contributed by atoms with Crippen LogP contribution in [0.1, 0.15) is 20.3 Å². The third-order valence-corrected chi connectivity index (χ3v) is 4.07. The molecule has 0 radical (unpaired) electrons. The number of ether oxygens (including phenoxy) is 1. The Morgan fingerprint density at radius 3 is 2.43 bits per heavy atom. The molecule has 1 aliphatic heterocycles. The second-order valence-electron chi connectivity index (χ2n) is 5.17. The minimum atomic E-state index is -3.62. The summed E-state index contributed by atoms with van der Waals surface area (Å²) >= 11 is 0. The Labute approximate surface area is 124 Å². The van der Waals surface area contributed by atoms with Crippen molar-refractivity contribution in [3.63, 3.8) is 0 Å². The number of hydrogen-bond donors (Lipinski definition) is 3. The van der Waals surface area contributed by atoms with Gasteiger partial charge in [-0.2, -0.15) is 8.42 Å². The summed E-state index contributed by atoms with van der Waals surface area (Å²) in [5.41, 5.74) is 0. The standard InChI is InChI=1S/C12H23NO7S/c1-4-8-10(6-19-21(3,17)18)20-9(5-14)11(12(8)16)13-7(2)15/h8-12,14,16H,4-6H2,1-3H3,(H,13,15)/t8-,9+,10?,11?,12?/m1/s1. The van der Waals surface area contributed by atoms with Gasteiger partial charge in [0.25, 0.3) is 10.1 Å². The Kier molecular flexibility index (Phi) is 6.54. The molecule has 0 aromatic heterocycles. The summed E-state index contributed by atoms with van der Waals surface area (Å²) in [6.45, 7) is 2.47. The van der Waals surface area contributed by atoms with E-state index < -0.39 is 47.0 Å². The van der Waals surface area contributed by atoms with Crippen molar-refractivity contribution in [2.75, 3.05) is 19.5 Å². The van der Waals surface area contributed by atoms with Crippen molar-refractivity contribution in [1.29, 1.82) is 0 Å². The molecule has 8 nitrogen and oxygen atoms in total. The van der Waals surface area contributed by atoms with E-state index in [2.05, 4.69) is 5.32 Å².